The molecule has 2 heterocycles. The summed E-state index contributed by atoms with van der Waals surface area (Å²) in [6, 6.07) is 2.39. The van der Waals surface area contributed by atoms with Gasteiger partial charge in [0.25, 0.3) is 0 Å². The average Bonchev–Trinajstić information content (AvgIpc) is 3.13. The van der Waals surface area contributed by atoms with Crippen molar-refractivity contribution in [3.63, 3.8) is 0 Å². The van der Waals surface area contributed by atoms with Gasteiger partial charge < -0.3 is 10.6 Å². The second-order valence-electron chi connectivity index (χ2n) is 7.63. The van der Waals surface area contributed by atoms with Crippen molar-refractivity contribution in [1.82, 2.24) is 14.9 Å². The number of benzene rings is 1. The normalized spacial score (nSPS) is 24.1. The zero-order chi connectivity index (χ0) is 19.6. The third-order valence-electron chi connectivity index (χ3n) is 5.45. The van der Waals surface area contributed by atoms with Crippen LogP contribution in [-0.2, 0) is 14.8 Å². The number of halogens is 1. The van der Waals surface area contributed by atoms with Crippen molar-refractivity contribution in [3.8, 4) is 0 Å². The largest absolute Gasteiger partial charge is 0.354 e. The molecule has 2 aliphatic rings. The van der Waals surface area contributed by atoms with Gasteiger partial charge in [0.2, 0.25) is 15.9 Å². The molecule has 2 unspecified atom stereocenters. The molecule has 2 saturated heterocycles. The minimum absolute atomic E-state index is 0.00213. The molecule has 2 fully saturated rings. The number of amides is 1. The smallest absolute Gasteiger partial charge is 0.243 e. The Kier molecular flexibility index (Phi) is 6.18. The van der Waals surface area contributed by atoms with Gasteiger partial charge in [-0.25, -0.2) is 12.8 Å². The Hall–Kier alpha value is -1.51. The van der Waals surface area contributed by atoms with Gasteiger partial charge in [-0.1, -0.05) is 0 Å². The van der Waals surface area contributed by atoms with Gasteiger partial charge in [0.1, 0.15) is 5.82 Å². The van der Waals surface area contributed by atoms with Crippen molar-refractivity contribution in [2.45, 2.75) is 50.5 Å². The van der Waals surface area contributed by atoms with Gasteiger partial charge >= 0.3 is 0 Å². The Morgan fingerprint density at radius 1 is 1.26 bits per heavy atom. The lowest BCUT2D eigenvalue weighted by molar-refractivity contribution is -0.123. The van der Waals surface area contributed by atoms with E-state index in [2.05, 4.69) is 10.6 Å². The molecule has 0 radical (unpaired) electrons. The van der Waals surface area contributed by atoms with Crippen molar-refractivity contribution >= 4 is 15.9 Å². The number of carbonyl (C=O) groups excluding carboxylic acids is 1. The first-order valence-corrected chi connectivity index (χ1v) is 11.0. The van der Waals surface area contributed by atoms with Crippen LogP contribution in [0.5, 0.6) is 0 Å². The van der Waals surface area contributed by atoms with Crippen LogP contribution in [0.2, 0.25) is 0 Å². The fourth-order valence-corrected chi connectivity index (χ4v) is 6.09. The third kappa shape index (κ3) is 4.50. The molecule has 0 bridgehead atoms. The van der Waals surface area contributed by atoms with E-state index in [0.717, 1.165) is 32.2 Å². The Labute approximate surface area is 160 Å². The fraction of sp³-hybridized carbons (Fsp3) is 0.632. The topological polar surface area (TPSA) is 78.5 Å². The standard InChI is InChI=1S/C19H28FN3O3S/c1-13-9-16(20)10-14(2)18(13)27(25,26)23-8-4-5-15(12-23)11-22-19(24)17-6-3-7-21-17/h9-10,15,17,21H,3-8,11-12H2,1-2H3,(H,22,24). The molecule has 0 saturated carbocycles. The van der Waals surface area contributed by atoms with Crippen LogP contribution in [0.4, 0.5) is 4.39 Å². The zero-order valence-electron chi connectivity index (χ0n) is 15.9. The molecule has 6 nitrogen and oxygen atoms in total. The molecule has 150 valence electrons. The van der Waals surface area contributed by atoms with E-state index >= 15 is 0 Å². The number of nitrogens with zero attached hydrogens (tertiary/aromatic N) is 1. The predicted molar refractivity (Wildman–Crippen MR) is 101 cm³/mol. The van der Waals surface area contributed by atoms with Crippen molar-refractivity contribution in [3.05, 3.63) is 29.1 Å². The number of hydrogen-bond acceptors (Lipinski definition) is 4. The summed E-state index contributed by atoms with van der Waals surface area (Å²) in [7, 11) is -3.69. The summed E-state index contributed by atoms with van der Waals surface area (Å²) in [5, 5.41) is 6.13. The second kappa shape index (κ2) is 8.24. The molecular formula is C19H28FN3O3S. The summed E-state index contributed by atoms with van der Waals surface area (Å²) in [4.78, 5) is 12.4. The summed E-state index contributed by atoms with van der Waals surface area (Å²) in [5.41, 5.74) is 0.852. The predicted octanol–water partition coefficient (Wildman–Crippen LogP) is 1.71. The van der Waals surface area contributed by atoms with Crippen LogP contribution in [-0.4, -0.2) is 50.9 Å². The van der Waals surface area contributed by atoms with E-state index in [0.29, 0.717) is 30.8 Å². The Balaban J connectivity index is 1.67. The summed E-state index contributed by atoms with van der Waals surface area (Å²) in [6.07, 6.45) is 3.48. The van der Waals surface area contributed by atoms with Crippen molar-refractivity contribution < 1.29 is 17.6 Å². The van der Waals surface area contributed by atoms with Crippen LogP contribution in [0.1, 0.15) is 36.8 Å². The van der Waals surface area contributed by atoms with Crippen LogP contribution in [0.15, 0.2) is 17.0 Å². The molecule has 0 aliphatic carbocycles. The SMILES string of the molecule is Cc1cc(F)cc(C)c1S(=O)(=O)N1CCCC(CNC(=O)C2CCCN2)C1. The Morgan fingerprint density at radius 2 is 1.96 bits per heavy atom. The third-order valence-corrected chi connectivity index (χ3v) is 7.62. The summed E-state index contributed by atoms with van der Waals surface area (Å²) < 4.78 is 41.3. The monoisotopic (exact) mass is 397 g/mol. The number of carbonyl (C=O) groups is 1. The number of rotatable bonds is 5. The van der Waals surface area contributed by atoms with Gasteiger partial charge in [-0.05, 0) is 75.3 Å². The Bertz CT molecular complexity index is 783. The molecule has 27 heavy (non-hydrogen) atoms. The first-order chi connectivity index (χ1) is 12.8. The maximum atomic E-state index is 13.6. The molecule has 3 rings (SSSR count). The molecule has 0 aromatic heterocycles. The molecule has 1 amide bonds. The van der Waals surface area contributed by atoms with Gasteiger partial charge in [0, 0.05) is 19.6 Å². The average molecular weight is 398 g/mol. The van der Waals surface area contributed by atoms with Crippen LogP contribution >= 0.6 is 0 Å². The van der Waals surface area contributed by atoms with E-state index in [1.165, 1.54) is 16.4 Å². The molecule has 1 aromatic rings. The number of piperidine rings is 1. The van der Waals surface area contributed by atoms with E-state index in [4.69, 9.17) is 0 Å². The summed E-state index contributed by atoms with van der Waals surface area (Å²) in [5.74, 6) is -0.346. The second-order valence-corrected chi connectivity index (χ2v) is 9.51. The molecule has 0 spiro atoms. The van der Waals surface area contributed by atoms with Crippen molar-refractivity contribution in [2.75, 3.05) is 26.2 Å². The van der Waals surface area contributed by atoms with Gasteiger partial charge in [-0.15, -0.1) is 0 Å². The van der Waals surface area contributed by atoms with E-state index in [1.807, 2.05) is 0 Å². The molecule has 2 atom stereocenters. The summed E-state index contributed by atoms with van der Waals surface area (Å²) in [6.45, 7) is 5.41. The van der Waals surface area contributed by atoms with E-state index < -0.39 is 15.8 Å². The number of nitrogens with one attached hydrogen (secondary N) is 2. The molecular weight excluding hydrogens is 369 g/mol. The Morgan fingerprint density at radius 3 is 2.59 bits per heavy atom. The molecule has 8 heteroatoms. The van der Waals surface area contributed by atoms with Crippen LogP contribution < -0.4 is 10.6 Å². The fourth-order valence-electron chi connectivity index (χ4n) is 4.12. The minimum atomic E-state index is -3.69. The van der Waals surface area contributed by atoms with Gasteiger partial charge in [0.15, 0.2) is 0 Å². The highest BCUT2D eigenvalue weighted by molar-refractivity contribution is 7.89. The lowest BCUT2D eigenvalue weighted by atomic mass is 9.99. The summed E-state index contributed by atoms with van der Waals surface area (Å²) >= 11 is 0. The van der Waals surface area contributed by atoms with Crippen LogP contribution in [0.25, 0.3) is 0 Å². The quantitative estimate of drug-likeness (QED) is 0.793. The lowest BCUT2D eigenvalue weighted by Gasteiger charge is -2.33. The first-order valence-electron chi connectivity index (χ1n) is 9.57. The van der Waals surface area contributed by atoms with Crippen molar-refractivity contribution in [2.24, 2.45) is 5.92 Å². The maximum absolute atomic E-state index is 13.6. The van der Waals surface area contributed by atoms with Gasteiger partial charge in [-0.3, -0.25) is 4.79 Å². The number of sulfonamides is 1. The van der Waals surface area contributed by atoms with E-state index in [1.54, 1.807) is 13.8 Å². The van der Waals surface area contributed by atoms with E-state index in [-0.39, 0.29) is 22.8 Å². The highest BCUT2D eigenvalue weighted by atomic mass is 32.2. The number of aryl methyl sites for hydroxylation is 2. The van der Waals surface area contributed by atoms with Crippen LogP contribution in [0.3, 0.4) is 0 Å². The van der Waals surface area contributed by atoms with E-state index in [9.17, 15) is 17.6 Å². The zero-order valence-corrected chi connectivity index (χ0v) is 16.7. The highest BCUT2D eigenvalue weighted by Gasteiger charge is 2.33. The minimum Gasteiger partial charge on any atom is -0.354 e. The molecule has 2 N–H and O–H groups in total. The van der Waals surface area contributed by atoms with Gasteiger partial charge in [0.05, 0.1) is 10.9 Å². The molecule has 2 aliphatic heterocycles. The number of hydrogen-bond donors (Lipinski definition) is 2. The first kappa shape index (κ1) is 20.2. The highest BCUT2D eigenvalue weighted by Crippen LogP contribution is 2.28. The van der Waals surface area contributed by atoms with Crippen molar-refractivity contribution in [1.29, 1.82) is 0 Å². The molecule has 1 aromatic carbocycles. The van der Waals surface area contributed by atoms with Gasteiger partial charge in [-0.2, -0.15) is 4.31 Å². The lowest BCUT2D eigenvalue weighted by Crippen LogP contribution is -2.46. The maximum Gasteiger partial charge on any atom is 0.243 e. The van der Waals surface area contributed by atoms with Crippen LogP contribution in [0, 0.1) is 25.6 Å².